The summed E-state index contributed by atoms with van der Waals surface area (Å²) in [6.45, 7) is 0.532. The number of aliphatic carboxylic acids is 1. The molecule has 1 aliphatic rings. The van der Waals surface area contributed by atoms with Crippen molar-refractivity contribution >= 4 is 12.1 Å². The van der Waals surface area contributed by atoms with Crippen LogP contribution in [0.5, 0.6) is 0 Å². The van der Waals surface area contributed by atoms with Crippen LogP contribution in [0.2, 0.25) is 0 Å². The molecule has 1 amide bonds. The maximum Gasteiger partial charge on any atom is 0.411 e. The number of cyclic esters (lactones) is 1. The number of rotatable bonds is 8. The van der Waals surface area contributed by atoms with Gasteiger partial charge in [0.05, 0.1) is 25.3 Å². The summed E-state index contributed by atoms with van der Waals surface area (Å²) >= 11 is 0. The van der Waals surface area contributed by atoms with Crippen LogP contribution < -0.4 is 0 Å². The van der Waals surface area contributed by atoms with Crippen molar-refractivity contribution in [2.45, 2.75) is 44.2 Å². The Labute approximate surface area is 158 Å². The van der Waals surface area contributed by atoms with Gasteiger partial charge in [-0.05, 0) is 18.6 Å². The van der Waals surface area contributed by atoms with Gasteiger partial charge >= 0.3 is 12.1 Å². The van der Waals surface area contributed by atoms with E-state index < -0.39 is 18.2 Å². The number of carboxylic acid groups (broad SMARTS) is 1. The van der Waals surface area contributed by atoms with Crippen LogP contribution in [0.3, 0.4) is 0 Å². The molecular formula is C20H24N2O5. The van der Waals surface area contributed by atoms with Gasteiger partial charge in [-0.15, -0.1) is 5.92 Å². The number of carboxylic acids is 1. The highest BCUT2D eigenvalue weighted by Gasteiger charge is 2.27. The molecule has 7 heteroatoms. The van der Waals surface area contributed by atoms with E-state index in [9.17, 15) is 14.7 Å². The number of hydrogen-bond acceptors (Lipinski definition) is 5. The molecule has 0 bridgehead atoms. The van der Waals surface area contributed by atoms with Gasteiger partial charge in [0.15, 0.2) is 0 Å². The Morgan fingerprint density at radius 2 is 2.30 bits per heavy atom. The molecule has 0 saturated carbocycles. The second-order valence-corrected chi connectivity index (χ2v) is 6.18. The van der Waals surface area contributed by atoms with Gasteiger partial charge < -0.3 is 14.9 Å². The van der Waals surface area contributed by atoms with Gasteiger partial charge in [-0.2, -0.15) is 0 Å². The third kappa shape index (κ3) is 7.50. The molecule has 1 aromatic rings. The standard InChI is InChI=1S/C20H24N2O5/c23-18(15-16-7-4-5-12-21-16)10-9-17-11-14-27-20(26)22(17)13-6-2-1-3-8-19(24)25/h4-5,7,9-10,12,17-18,23H,1,3,8,11,13-15H2,(H,24,25)/b10-9+/t17-,18?/m0/s1. The largest absolute Gasteiger partial charge is 0.481 e. The van der Waals surface area contributed by atoms with E-state index >= 15 is 0 Å². The van der Waals surface area contributed by atoms with Crippen molar-refractivity contribution in [3.63, 3.8) is 0 Å². The maximum atomic E-state index is 12.0. The SMILES string of the molecule is O=C(O)CCCC#CCN1C(=O)OCC[C@@H]1/C=C/C(O)Cc1ccccn1. The minimum atomic E-state index is -0.842. The number of aromatic nitrogens is 1. The van der Waals surface area contributed by atoms with Crippen LogP contribution in [0, 0.1) is 11.8 Å². The Morgan fingerprint density at radius 1 is 1.44 bits per heavy atom. The molecule has 7 nitrogen and oxygen atoms in total. The normalized spacial score (nSPS) is 17.9. The van der Waals surface area contributed by atoms with E-state index in [0.717, 1.165) is 5.69 Å². The molecule has 0 spiro atoms. The van der Waals surface area contributed by atoms with Crippen molar-refractivity contribution < 1.29 is 24.5 Å². The molecule has 0 radical (unpaired) electrons. The number of aliphatic hydroxyl groups excluding tert-OH is 1. The van der Waals surface area contributed by atoms with Crippen molar-refractivity contribution in [2.24, 2.45) is 0 Å². The Hall–Kier alpha value is -2.85. The lowest BCUT2D eigenvalue weighted by Crippen LogP contribution is -2.44. The van der Waals surface area contributed by atoms with Crippen LogP contribution in [0.1, 0.15) is 31.4 Å². The number of amides is 1. The van der Waals surface area contributed by atoms with E-state index in [1.165, 1.54) is 4.90 Å². The number of carbonyl (C=O) groups is 2. The Balaban J connectivity index is 1.87. The molecule has 1 aliphatic heterocycles. The number of hydrogen-bond donors (Lipinski definition) is 2. The van der Waals surface area contributed by atoms with Crippen molar-refractivity contribution in [1.82, 2.24) is 9.88 Å². The Bertz CT molecular complexity index is 708. The topological polar surface area (TPSA) is 100.0 Å². The van der Waals surface area contributed by atoms with Gasteiger partial charge in [-0.3, -0.25) is 14.7 Å². The van der Waals surface area contributed by atoms with Crippen LogP contribution in [-0.4, -0.2) is 57.5 Å². The predicted molar refractivity (Wildman–Crippen MR) is 98.8 cm³/mol. The molecule has 0 aromatic carbocycles. The van der Waals surface area contributed by atoms with Crippen molar-refractivity contribution in [1.29, 1.82) is 0 Å². The fraction of sp³-hybridized carbons (Fsp3) is 0.450. The van der Waals surface area contributed by atoms with Gasteiger partial charge in [-0.25, -0.2) is 4.79 Å². The third-order valence-electron chi connectivity index (χ3n) is 4.04. The van der Waals surface area contributed by atoms with Gasteiger partial charge in [0.25, 0.3) is 0 Å². The smallest absolute Gasteiger partial charge is 0.411 e. The van der Waals surface area contributed by atoms with Gasteiger partial charge in [-0.1, -0.05) is 24.1 Å². The first-order valence-electron chi connectivity index (χ1n) is 8.93. The average Bonchev–Trinajstić information content (AvgIpc) is 2.65. The number of aliphatic hydroxyl groups is 1. The minimum absolute atomic E-state index is 0.0833. The fourth-order valence-electron chi connectivity index (χ4n) is 2.64. The average molecular weight is 372 g/mol. The van der Waals surface area contributed by atoms with Crippen LogP contribution in [-0.2, 0) is 16.0 Å². The highest BCUT2D eigenvalue weighted by atomic mass is 16.6. The highest BCUT2D eigenvalue weighted by Crippen LogP contribution is 2.15. The highest BCUT2D eigenvalue weighted by molar-refractivity contribution is 5.69. The first-order chi connectivity index (χ1) is 13.1. The molecule has 1 saturated heterocycles. The number of ether oxygens (including phenoxy) is 1. The van der Waals surface area contributed by atoms with Crippen molar-refractivity contribution in [3.8, 4) is 11.8 Å². The van der Waals surface area contributed by atoms with E-state index in [2.05, 4.69) is 16.8 Å². The quantitative estimate of drug-likeness (QED) is 0.411. The number of unbranched alkanes of at least 4 members (excludes halogenated alkanes) is 1. The van der Waals surface area contributed by atoms with Crippen molar-refractivity contribution in [2.75, 3.05) is 13.2 Å². The first kappa shape index (κ1) is 20.5. The summed E-state index contributed by atoms with van der Waals surface area (Å²) in [6.07, 6.45) is 6.09. The number of pyridine rings is 1. The van der Waals surface area contributed by atoms with Crippen LogP contribution in [0.15, 0.2) is 36.5 Å². The Morgan fingerprint density at radius 3 is 3.04 bits per heavy atom. The number of carbonyl (C=O) groups excluding carboxylic acids is 1. The molecule has 27 heavy (non-hydrogen) atoms. The van der Waals surface area contributed by atoms with E-state index in [-0.39, 0.29) is 19.0 Å². The molecule has 2 N–H and O–H groups in total. The zero-order valence-corrected chi connectivity index (χ0v) is 15.1. The molecule has 144 valence electrons. The van der Waals surface area contributed by atoms with E-state index in [1.54, 1.807) is 18.3 Å². The molecule has 2 rings (SSSR count). The summed E-state index contributed by atoms with van der Waals surface area (Å²) in [6, 6.07) is 5.34. The minimum Gasteiger partial charge on any atom is -0.481 e. The van der Waals surface area contributed by atoms with E-state index in [4.69, 9.17) is 9.84 Å². The maximum absolute atomic E-state index is 12.0. The van der Waals surface area contributed by atoms with Gasteiger partial charge in [0.2, 0.25) is 0 Å². The lowest BCUT2D eigenvalue weighted by atomic mass is 10.1. The lowest BCUT2D eigenvalue weighted by molar-refractivity contribution is -0.137. The molecule has 0 aliphatic carbocycles. The molecule has 1 fully saturated rings. The fourth-order valence-corrected chi connectivity index (χ4v) is 2.64. The summed E-state index contributed by atoms with van der Waals surface area (Å²) in [5, 5.41) is 18.8. The summed E-state index contributed by atoms with van der Waals surface area (Å²) in [5.74, 6) is 4.93. The molecule has 2 heterocycles. The summed E-state index contributed by atoms with van der Waals surface area (Å²) < 4.78 is 5.07. The monoisotopic (exact) mass is 372 g/mol. The predicted octanol–water partition coefficient (Wildman–Crippen LogP) is 2.01. The summed E-state index contributed by atoms with van der Waals surface area (Å²) in [5.41, 5.74) is 0.793. The van der Waals surface area contributed by atoms with Crippen LogP contribution in [0.4, 0.5) is 4.79 Å². The van der Waals surface area contributed by atoms with Crippen LogP contribution in [0.25, 0.3) is 0 Å². The Kier molecular flexibility index (Phi) is 8.33. The lowest BCUT2D eigenvalue weighted by Gasteiger charge is -2.31. The second kappa shape index (κ2) is 11.0. The molecule has 1 unspecified atom stereocenters. The molecule has 1 aromatic heterocycles. The zero-order chi connectivity index (χ0) is 19.5. The molecule has 2 atom stereocenters. The van der Waals surface area contributed by atoms with Gasteiger partial charge in [0, 0.05) is 37.6 Å². The van der Waals surface area contributed by atoms with E-state index in [1.807, 2.05) is 18.2 Å². The third-order valence-corrected chi connectivity index (χ3v) is 4.04. The second-order valence-electron chi connectivity index (χ2n) is 6.18. The summed E-state index contributed by atoms with van der Waals surface area (Å²) in [7, 11) is 0. The zero-order valence-electron chi connectivity index (χ0n) is 15.1. The van der Waals surface area contributed by atoms with E-state index in [0.29, 0.717) is 32.3 Å². The van der Waals surface area contributed by atoms with Crippen molar-refractivity contribution in [3.05, 3.63) is 42.2 Å². The van der Waals surface area contributed by atoms with Crippen LogP contribution >= 0.6 is 0 Å². The number of nitrogens with zero attached hydrogens (tertiary/aromatic N) is 2. The first-order valence-corrected chi connectivity index (χ1v) is 8.93. The van der Waals surface area contributed by atoms with Gasteiger partial charge in [0.1, 0.15) is 0 Å². The molecular weight excluding hydrogens is 348 g/mol. The summed E-state index contributed by atoms with van der Waals surface area (Å²) in [4.78, 5) is 28.2.